The summed E-state index contributed by atoms with van der Waals surface area (Å²) >= 11 is 0. The van der Waals surface area contributed by atoms with Gasteiger partial charge in [0.05, 0.1) is 9.82 Å². The van der Waals surface area contributed by atoms with E-state index < -0.39 is 26.2 Å². The molecule has 1 atom stereocenters. The summed E-state index contributed by atoms with van der Waals surface area (Å²) in [5, 5.41) is 24.8. The molecule has 3 rings (SSSR count). The first-order valence-electron chi connectivity index (χ1n) is 8.41. The van der Waals surface area contributed by atoms with Crippen LogP contribution in [-0.4, -0.2) is 44.9 Å². The Balaban J connectivity index is 2.01. The van der Waals surface area contributed by atoms with Crippen LogP contribution in [0.1, 0.15) is 32.7 Å². The van der Waals surface area contributed by atoms with Crippen molar-refractivity contribution in [2.45, 2.75) is 31.7 Å². The quantitative estimate of drug-likeness (QED) is 0.445. The van der Waals surface area contributed by atoms with E-state index in [-0.39, 0.29) is 28.0 Å². The Morgan fingerprint density at radius 2 is 2.03 bits per heavy atom. The topological polar surface area (TPSA) is 170 Å². The van der Waals surface area contributed by atoms with Crippen molar-refractivity contribution < 1.29 is 17.9 Å². The van der Waals surface area contributed by atoms with Gasteiger partial charge in [0.15, 0.2) is 15.7 Å². The molecule has 0 spiro atoms. The van der Waals surface area contributed by atoms with Crippen LogP contribution in [0.4, 0.5) is 11.4 Å². The van der Waals surface area contributed by atoms with Gasteiger partial charge in [-0.2, -0.15) is 10.1 Å². The molecule has 0 fully saturated rings. The zero-order chi connectivity index (χ0) is 21.4. The van der Waals surface area contributed by atoms with Gasteiger partial charge in [0, 0.05) is 12.3 Å². The van der Waals surface area contributed by atoms with Crippen molar-refractivity contribution in [3.05, 3.63) is 40.5 Å². The maximum atomic E-state index is 11.7. The van der Waals surface area contributed by atoms with E-state index in [0.29, 0.717) is 5.82 Å². The maximum Gasteiger partial charge on any atom is 0.293 e. The van der Waals surface area contributed by atoms with E-state index >= 15 is 0 Å². The SMILES string of the molecule is CC(C)(C)C(Nc1ccc(S(C)(=O)=O)cc1[N+](=O)[O-])c1nc(-c2ncn[nH]2)no1. The summed E-state index contributed by atoms with van der Waals surface area (Å²) in [6.45, 7) is 5.67. The van der Waals surface area contributed by atoms with E-state index in [1.54, 1.807) is 0 Å². The Morgan fingerprint density at radius 3 is 2.59 bits per heavy atom. The first-order chi connectivity index (χ1) is 13.5. The van der Waals surface area contributed by atoms with Crippen LogP contribution in [0.15, 0.2) is 33.9 Å². The lowest BCUT2D eigenvalue weighted by molar-refractivity contribution is -0.384. The third kappa shape index (κ3) is 4.39. The number of aromatic nitrogens is 5. The second-order valence-corrected chi connectivity index (χ2v) is 9.46. The van der Waals surface area contributed by atoms with E-state index in [9.17, 15) is 18.5 Å². The van der Waals surface area contributed by atoms with Gasteiger partial charge in [-0.15, -0.1) is 0 Å². The summed E-state index contributed by atoms with van der Waals surface area (Å²) in [5.74, 6) is 0.692. The molecule has 0 aliphatic carbocycles. The van der Waals surface area contributed by atoms with Crippen LogP contribution < -0.4 is 5.32 Å². The summed E-state index contributed by atoms with van der Waals surface area (Å²) in [7, 11) is -3.60. The zero-order valence-corrected chi connectivity index (χ0v) is 16.9. The number of H-pyrrole nitrogens is 1. The fraction of sp³-hybridized carbons (Fsp3) is 0.375. The standard InChI is InChI=1S/C16H19N7O5S/c1-16(2,3)12(15-20-14(22-28-15)13-17-8-18-21-13)19-10-6-5-9(29(4,26)27)7-11(10)23(24)25/h5-8,12,19H,1-4H3,(H,17,18,21). The first-order valence-corrected chi connectivity index (χ1v) is 10.3. The Kier molecular flexibility index (Phi) is 5.09. The second kappa shape index (κ2) is 7.24. The van der Waals surface area contributed by atoms with Gasteiger partial charge in [0.25, 0.3) is 5.69 Å². The molecule has 12 nitrogen and oxygen atoms in total. The molecule has 0 bridgehead atoms. The first kappa shape index (κ1) is 20.4. The van der Waals surface area contributed by atoms with Crippen LogP contribution >= 0.6 is 0 Å². The average Bonchev–Trinajstić information content (AvgIpc) is 3.28. The molecular formula is C16H19N7O5S. The predicted molar refractivity (Wildman–Crippen MR) is 102 cm³/mol. The normalized spacial score (nSPS) is 13.2. The number of nitrogens with zero attached hydrogens (tertiary/aromatic N) is 5. The molecule has 0 amide bonds. The Bertz CT molecular complexity index is 1130. The molecular weight excluding hydrogens is 402 g/mol. The zero-order valence-electron chi connectivity index (χ0n) is 16.1. The number of benzene rings is 1. The van der Waals surface area contributed by atoms with Gasteiger partial charge in [-0.25, -0.2) is 13.4 Å². The second-order valence-electron chi connectivity index (χ2n) is 7.44. The number of sulfone groups is 1. The van der Waals surface area contributed by atoms with Gasteiger partial charge < -0.3 is 9.84 Å². The molecule has 29 heavy (non-hydrogen) atoms. The highest BCUT2D eigenvalue weighted by atomic mass is 32.2. The number of anilines is 1. The van der Waals surface area contributed by atoms with Crippen molar-refractivity contribution in [3.8, 4) is 11.6 Å². The molecule has 13 heteroatoms. The molecule has 0 aliphatic heterocycles. The van der Waals surface area contributed by atoms with Crippen LogP contribution in [0.2, 0.25) is 0 Å². The summed E-state index contributed by atoms with van der Waals surface area (Å²) in [4.78, 5) is 19.0. The number of nitro groups is 1. The number of nitro benzene ring substituents is 1. The molecule has 2 heterocycles. The van der Waals surface area contributed by atoms with Crippen LogP contribution in [0.25, 0.3) is 11.6 Å². The minimum Gasteiger partial charge on any atom is -0.368 e. The van der Waals surface area contributed by atoms with Crippen molar-refractivity contribution in [1.29, 1.82) is 0 Å². The van der Waals surface area contributed by atoms with Crippen molar-refractivity contribution in [2.75, 3.05) is 11.6 Å². The molecule has 1 aromatic carbocycles. The van der Waals surface area contributed by atoms with Crippen molar-refractivity contribution in [1.82, 2.24) is 25.3 Å². The molecule has 2 N–H and O–H groups in total. The van der Waals surface area contributed by atoms with Crippen LogP contribution in [-0.2, 0) is 9.84 Å². The fourth-order valence-corrected chi connectivity index (χ4v) is 3.22. The Morgan fingerprint density at radius 1 is 1.31 bits per heavy atom. The molecule has 0 aliphatic rings. The molecule has 2 aromatic heterocycles. The van der Waals surface area contributed by atoms with Gasteiger partial charge in [-0.3, -0.25) is 15.2 Å². The van der Waals surface area contributed by atoms with Crippen LogP contribution in [0.5, 0.6) is 0 Å². The Hall–Kier alpha value is -3.35. The van der Waals surface area contributed by atoms with E-state index in [4.69, 9.17) is 4.52 Å². The summed E-state index contributed by atoms with van der Waals surface area (Å²) < 4.78 is 28.8. The highest BCUT2D eigenvalue weighted by Crippen LogP contribution is 2.38. The van der Waals surface area contributed by atoms with Gasteiger partial charge in [-0.05, 0) is 17.5 Å². The monoisotopic (exact) mass is 421 g/mol. The number of aromatic amines is 1. The maximum absolute atomic E-state index is 11.7. The lowest BCUT2D eigenvalue weighted by Gasteiger charge is -2.29. The average molecular weight is 421 g/mol. The Labute approximate surface area is 165 Å². The van der Waals surface area contributed by atoms with E-state index in [2.05, 4.69) is 30.6 Å². The minimum atomic E-state index is -3.60. The molecule has 1 unspecified atom stereocenters. The number of hydrogen-bond donors (Lipinski definition) is 2. The smallest absolute Gasteiger partial charge is 0.293 e. The number of nitrogens with one attached hydrogen (secondary N) is 2. The van der Waals surface area contributed by atoms with Crippen LogP contribution in [0, 0.1) is 15.5 Å². The fourth-order valence-electron chi connectivity index (χ4n) is 2.58. The van der Waals surface area contributed by atoms with Gasteiger partial charge >= 0.3 is 0 Å². The summed E-state index contributed by atoms with van der Waals surface area (Å²) in [5.41, 5.74) is -0.743. The molecule has 3 aromatic rings. The molecule has 154 valence electrons. The van der Waals surface area contributed by atoms with E-state index in [1.807, 2.05) is 20.8 Å². The van der Waals surface area contributed by atoms with Gasteiger partial charge in [-0.1, -0.05) is 25.9 Å². The third-order valence-corrected chi connectivity index (χ3v) is 5.19. The highest BCUT2D eigenvalue weighted by molar-refractivity contribution is 7.90. The third-order valence-electron chi connectivity index (χ3n) is 4.08. The molecule has 0 radical (unpaired) electrons. The van der Waals surface area contributed by atoms with Crippen molar-refractivity contribution in [2.24, 2.45) is 5.41 Å². The van der Waals surface area contributed by atoms with E-state index in [1.165, 1.54) is 18.5 Å². The van der Waals surface area contributed by atoms with Crippen molar-refractivity contribution >= 4 is 21.2 Å². The lowest BCUT2D eigenvalue weighted by atomic mass is 9.86. The molecule has 0 saturated carbocycles. The predicted octanol–water partition coefficient (Wildman–Crippen LogP) is 2.37. The minimum absolute atomic E-state index is 0.127. The lowest BCUT2D eigenvalue weighted by Crippen LogP contribution is -2.26. The summed E-state index contributed by atoms with van der Waals surface area (Å²) in [6.07, 6.45) is 2.29. The number of rotatable bonds is 6. The largest absolute Gasteiger partial charge is 0.368 e. The van der Waals surface area contributed by atoms with Crippen molar-refractivity contribution in [3.63, 3.8) is 0 Å². The number of hydrogen-bond acceptors (Lipinski definition) is 10. The van der Waals surface area contributed by atoms with Gasteiger partial charge in [0.2, 0.25) is 11.7 Å². The highest BCUT2D eigenvalue weighted by Gasteiger charge is 2.33. The van der Waals surface area contributed by atoms with Gasteiger partial charge in [0.1, 0.15) is 18.1 Å². The summed E-state index contributed by atoms with van der Waals surface area (Å²) in [6, 6.07) is 3.05. The van der Waals surface area contributed by atoms with Crippen LogP contribution in [0.3, 0.4) is 0 Å². The van der Waals surface area contributed by atoms with E-state index in [0.717, 1.165) is 12.3 Å². The molecule has 0 saturated heterocycles.